The lowest BCUT2D eigenvalue weighted by Gasteiger charge is -2.38. The zero-order valence-electron chi connectivity index (χ0n) is 10.9. The summed E-state index contributed by atoms with van der Waals surface area (Å²) in [5.41, 5.74) is 0.438. The van der Waals surface area contributed by atoms with E-state index in [9.17, 15) is 13.2 Å². The first kappa shape index (κ1) is 15.8. The van der Waals surface area contributed by atoms with Crippen molar-refractivity contribution in [1.82, 2.24) is 5.32 Å². The average molecular weight is 381 g/mol. The molecule has 7 heteroatoms. The Labute approximate surface area is 131 Å². The third-order valence-corrected chi connectivity index (χ3v) is 5.74. The van der Waals surface area contributed by atoms with Crippen LogP contribution in [0, 0.1) is 5.41 Å². The Hall–Kier alpha value is -0.590. The van der Waals surface area contributed by atoms with E-state index in [4.69, 9.17) is 10.7 Å². The molecule has 2 rings (SSSR count). The third-order valence-electron chi connectivity index (χ3n) is 3.70. The molecule has 1 amide bonds. The monoisotopic (exact) mass is 379 g/mol. The van der Waals surface area contributed by atoms with E-state index in [0.717, 1.165) is 12.8 Å². The summed E-state index contributed by atoms with van der Waals surface area (Å²) < 4.78 is 23.2. The molecule has 20 heavy (non-hydrogen) atoms. The van der Waals surface area contributed by atoms with Gasteiger partial charge in [-0.15, -0.1) is 0 Å². The number of amides is 1. The highest BCUT2D eigenvalue weighted by molar-refractivity contribution is 9.10. The van der Waals surface area contributed by atoms with Gasteiger partial charge in [-0.05, 0) is 52.4 Å². The molecule has 1 saturated carbocycles. The van der Waals surface area contributed by atoms with Crippen LogP contribution in [0.25, 0.3) is 0 Å². The fourth-order valence-electron chi connectivity index (χ4n) is 2.18. The molecule has 0 unspecified atom stereocenters. The van der Waals surface area contributed by atoms with Gasteiger partial charge in [0.1, 0.15) is 0 Å². The standard InChI is InChI=1S/C13H15BrClNO3S/c1-13(5-2-6-13)8-16-12(17)10-7-9(20(15,18)19)3-4-11(10)14/h3-4,7H,2,5-6,8H2,1H3,(H,16,17). The smallest absolute Gasteiger partial charge is 0.261 e. The van der Waals surface area contributed by atoms with Gasteiger partial charge in [-0.1, -0.05) is 13.3 Å². The Morgan fingerprint density at radius 1 is 1.45 bits per heavy atom. The van der Waals surface area contributed by atoms with Crippen LogP contribution in [0.1, 0.15) is 36.5 Å². The minimum atomic E-state index is -3.84. The molecule has 0 radical (unpaired) electrons. The second-order valence-corrected chi connectivity index (χ2v) is 8.85. The maximum absolute atomic E-state index is 12.2. The highest BCUT2D eigenvalue weighted by Gasteiger charge is 2.32. The van der Waals surface area contributed by atoms with Crippen LogP contribution in [0.5, 0.6) is 0 Å². The van der Waals surface area contributed by atoms with Crippen LogP contribution in [0.4, 0.5) is 0 Å². The van der Waals surface area contributed by atoms with E-state index in [1.54, 1.807) is 0 Å². The molecular weight excluding hydrogens is 366 g/mol. The molecule has 1 aromatic rings. The van der Waals surface area contributed by atoms with E-state index in [1.165, 1.54) is 24.6 Å². The van der Waals surface area contributed by atoms with E-state index in [-0.39, 0.29) is 21.8 Å². The fraction of sp³-hybridized carbons (Fsp3) is 0.462. The van der Waals surface area contributed by atoms with Gasteiger partial charge in [0.15, 0.2) is 0 Å². The zero-order valence-corrected chi connectivity index (χ0v) is 14.1. The number of hydrogen-bond donors (Lipinski definition) is 1. The van der Waals surface area contributed by atoms with Crippen molar-refractivity contribution < 1.29 is 13.2 Å². The molecule has 0 atom stereocenters. The SMILES string of the molecule is CC1(CNC(=O)c2cc(S(=O)(=O)Cl)ccc2Br)CCC1. The number of nitrogens with one attached hydrogen (secondary N) is 1. The van der Waals surface area contributed by atoms with E-state index in [2.05, 4.69) is 28.2 Å². The molecule has 0 spiro atoms. The lowest BCUT2D eigenvalue weighted by Crippen LogP contribution is -2.40. The van der Waals surface area contributed by atoms with Crippen molar-refractivity contribution in [1.29, 1.82) is 0 Å². The normalized spacial score (nSPS) is 17.4. The molecule has 4 nitrogen and oxygen atoms in total. The van der Waals surface area contributed by atoms with E-state index in [1.807, 2.05) is 0 Å². The molecule has 0 bridgehead atoms. The summed E-state index contributed by atoms with van der Waals surface area (Å²) in [6.07, 6.45) is 3.39. The molecule has 0 aromatic heterocycles. The highest BCUT2D eigenvalue weighted by atomic mass is 79.9. The van der Waals surface area contributed by atoms with Crippen molar-refractivity contribution in [3.8, 4) is 0 Å². The molecule has 1 N–H and O–H groups in total. The Morgan fingerprint density at radius 2 is 2.10 bits per heavy atom. The van der Waals surface area contributed by atoms with Gasteiger partial charge < -0.3 is 5.32 Å². The second-order valence-electron chi connectivity index (χ2n) is 5.43. The molecule has 110 valence electrons. The first-order chi connectivity index (χ1) is 9.21. The Kier molecular flexibility index (Phi) is 4.47. The second kappa shape index (κ2) is 5.66. The largest absolute Gasteiger partial charge is 0.351 e. The van der Waals surface area contributed by atoms with Gasteiger partial charge >= 0.3 is 0 Å². The lowest BCUT2D eigenvalue weighted by molar-refractivity contribution is 0.0890. The Balaban J connectivity index is 2.16. The van der Waals surface area contributed by atoms with Gasteiger partial charge in [0.05, 0.1) is 10.5 Å². The quantitative estimate of drug-likeness (QED) is 0.815. The zero-order chi connectivity index (χ0) is 15.0. The molecule has 1 aromatic carbocycles. The van der Waals surface area contributed by atoms with E-state index >= 15 is 0 Å². The number of halogens is 2. The van der Waals surface area contributed by atoms with Gasteiger partial charge in [-0.2, -0.15) is 0 Å². The predicted octanol–water partition coefficient (Wildman–Crippen LogP) is 3.30. The van der Waals surface area contributed by atoms with Crippen LogP contribution < -0.4 is 5.32 Å². The predicted molar refractivity (Wildman–Crippen MR) is 81.5 cm³/mol. The molecule has 0 heterocycles. The molecule has 1 aliphatic rings. The Morgan fingerprint density at radius 3 is 2.60 bits per heavy atom. The minimum Gasteiger partial charge on any atom is -0.351 e. The van der Waals surface area contributed by atoms with Crippen molar-refractivity contribution in [3.05, 3.63) is 28.2 Å². The van der Waals surface area contributed by atoms with Gasteiger partial charge in [0.25, 0.3) is 15.0 Å². The first-order valence-electron chi connectivity index (χ1n) is 6.24. The first-order valence-corrected chi connectivity index (χ1v) is 9.34. The van der Waals surface area contributed by atoms with Crippen LogP contribution >= 0.6 is 26.6 Å². The van der Waals surface area contributed by atoms with E-state index < -0.39 is 9.05 Å². The molecule has 0 aliphatic heterocycles. The van der Waals surface area contributed by atoms with Crippen molar-refractivity contribution >= 4 is 41.6 Å². The average Bonchev–Trinajstić information content (AvgIpc) is 2.32. The summed E-state index contributed by atoms with van der Waals surface area (Å²) in [4.78, 5) is 12.1. The third kappa shape index (κ3) is 3.54. The molecule has 1 fully saturated rings. The number of benzene rings is 1. The topological polar surface area (TPSA) is 63.2 Å². The maximum atomic E-state index is 12.2. The summed E-state index contributed by atoms with van der Waals surface area (Å²) in [6.45, 7) is 2.72. The summed E-state index contributed by atoms with van der Waals surface area (Å²) in [5, 5.41) is 2.85. The van der Waals surface area contributed by atoms with Crippen molar-refractivity contribution in [3.63, 3.8) is 0 Å². The number of carbonyl (C=O) groups is 1. The molecular formula is C13H15BrClNO3S. The van der Waals surface area contributed by atoms with Crippen LogP contribution in [0.3, 0.4) is 0 Å². The van der Waals surface area contributed by atoms with Gasteiger partial charge in [0.2, 0.25) is 0 Å². The Bertz CT molecular complexity index is 641. The summed E-state index contributed by atoms with van der Waals surface area (Å²) in [5.74, 6) is -0.299. The minimum absolute atomic E-state index is 0.0811. The number of carbonyl (C=O) groups excluding carboxylic acids is 1. The van der Waals surface area contributed by atoms with Crippen LogP contribution in [-0.2, 0) is 9.05 Å². The fourth-order valence-corrected chi connectivity index (χ4v) is 3.38. The summed E-state index contributed by atoms with van der Waals surface area (Å²) in [6, 6.07) is 4.15. The van der Waals surface area contributed by atoms with Crippen molar-refractivity contribution in [2.24, 2.45) is 5.41 Å². The summed E-state index contributed by atoms with van der Waals surface area (Å²) >= 11 is 3.25. The van der Waals surface area contributed by atoms with Gasteiger partial charge in [0, 0.05) is 21.7 Å². The van der Waals surface area contributed by atoms with Gasteiger partial charge in [-0.3, -0.25) is 4.79 Å². The molecule has 0 saturated heterocycles. The number of rotatable bonds is 4. The van der Waals surface area contributed by atoms with Crippen molar-refractivity contribution in [2.45, 2.75) is 31.1 Å². The van der Waals surface area contributed by atoms with Crippen LogP contribution in [0.2, 0.25) is 0 Å². The molecule has 1 aliphatic carbocycles. The maximum Gasteiger partial charge on any atom is 0.261 e. The lowest BCUT2D eigenvalue weighted by atomic mass is 9.70. The summed E-state index contributed by atoms with van der Waals surface area (Å²) in [7, 11) is 1.45. The van der Waals surface area contributed by atoms with Gasteiger partial charge in [-0.25, -0.2) is 8.42 Å². The van der Waals surface area contributed by atoms with Crippen LogP contribution in [0.15, 0.2) is 27.6 Å². The van der Waals surface area contributed by atoms with Crippen LogP contribution in [-0.4, -0.2) is 20.9 Å². The van der Waals surface area contributed by atoms with Crippen molar-refractivity contribution in [2.75, 3.05) is 6.54 Å². The number of hydrogen-bond acceptors (Lipinski definition) is 3. The highest BCUT2D eigenvalue weighted by Crippen LogP contribution is 2.39. The van der Waals surface area contributed by atoms with E-state index in [0.29, 0.717) is 11.0 Å².